The number of nitrogens with zero attached hydrogens (tertiary/aromatic N) is 1. The Bertz CT molecular complexity index is 675. The molecule has 6 nitrogen and oxygen atoms in total. The van der Waals surface area contributed by atoms with Gasteiger partial charge in [-0.25, -0.2) is 0 Å². The lowest BCUT2D eigenvalue weighted by atomic mass is 10.1. The summed E-state index contributed by atoms with van der Waals surface area (Å²) in [4.78, 5) is 25.3. The molecule has 0 unspecified atom stereocenters. The number of aryl methyl sites for hydroxylation is 2. The fraction of sp³-hybridized carbons (Fsp3) is 0.333. The molecule has 0 aliphatic carbocycles. The zero-order chi connectivity index (χ0) is 17.5. The van der Waals surface area contributed by atoms with Crippen molar-refractivity contribution in [3.8, 4) is 5.75 Å². The van der Waals surface area contributed by atoms with E-state index in [9.17, 15) is 9.59 Å². The number of furan rings is 1. The van der Waals surface area contributed by atoms with Gasteiger partial charge in [-0.15, -0.1) is 0 Å². The molecule has 0 saturated heterocycles. The van der Waals surface area contributed by atoms with Gasteiger partial charge in [-0.05, 0) is 43.2 Å². The molecule has 1 aromatic heterocycles. The lowest BCUT2D eigenvalue weighted by Crippen LogP contribution is -2.39. The van der Waals surface area contributed by atoms with Gasteiger partial charge in [-0.3, -0.25) is 9.59 Å². The number of carbonyl (C=O) groups excluding carboxylic acids is 2. The van der Waals surface area contributed by atoms with Crippen LogP contribution in [-0.2, 0) is 4.79 Å². The fourth-order valence-corrected chi connectivity index (χ4v) is 2.23. The molecular formula is C18H22N2O4. The summed E-state index contributed by atoms with van der Waals surface area (Å²) in [6.45, 7) is 4.79. The first-order chi connectivity index (χ1) is 11.5. The van der Waals surface area contributed by atoms with Crippen LogP contribution in [0.25, 0.3) is 0 Å². The Labute approximate surface area is 141 Å². The normalized spacial score (nSPS) is 10.3. The van der Waals surface area contributed by atoms with Gasteiger partial charge in [0.2, 0.25) is 5.91 Å². The molecule has 128 valence electrons. The summed E-state index contributed by atoms with van der Waals surface area (Å²) in [7, 11) is 1.68. The van der Waals surface area contributed by atoms with Crippen molar-refractivity contribution in [3.05, 3.63) is 53.5 Å². The minimum absolute atomic E-state index is 0.0654. The first kappa shape index (κ1) is 17.6. The third-order valence-corrected chi connectivity index (χ3v) is 3.50. The van der Waals surface area contributed by atoms with Crippen molar-refractivity contribution >= 4 is 11.8 Å². The first-order valence-corrected chi connectivity index (χ1v) is 7.71. The Morgan fingerprint density at radius 1 is 1.21 bits per heavy atom. The predicted octanol–water partition coefficient (Wildman–Crippen LogP) is 2.16. The average Bonchev–Trinajstić information content (AvgIpc) is 3.05. The number of carbonyl (C=O) groups is 2. The lowest BCUT2D eigenvalue weighted by molar-refractivity contribution is -0.129. The minimum atomic E-state index is -0.336. The van der Waals surface area contributed by atoms with Crippen molar-refractivity contribution in [1.82, 2.24) is 10.2 Å². The van der Waals surface area contributed by atoms with Crippen LogP contribution in [0.1, 0.15) is 21.5 Å². The summed E-state index contributed by atoms with van der Waals surface area (Å²) in [6, 6.07) is 7.53. The van der Waals surface area contributed by atoms with Crippen LogP contribution in [-0.4, -0.2) is 43.5 Å². The van der Waals surface area contributed by atoms with Gasteiger partial charge in [0.1, 0.15) is 18.6 Å². The van der Waals surface area contributed by atoms with Gasteiger partial charge in [0.15, 0.2) is 0 Å². The van der Waals surface area contributed by atoms with Gasteiger partial charge >= 0.3 is 0 Å². The molecule has 1 N–H and O–H groups in total. The second-order valence-corrected chi connectivity index (χ2v) is 5.68. The van der Waals surface area contributed by atoms with Gasteiger partial charge in [0, 0.05) is 7.05 Å². The quantitative estimate of drug-likeness (QED) is 0.844. The van der Waals surface area contributed by atoms with E-state index in [1.807, 2.05) is 26.0 Å². The molecule has 6 heteroatoms. The van der Waals surface area contributed by atoms with Crippen LogP contribution in [0, 0.1) is 13.8 Å². The Kier molecular flexibility index (Phi) is 6.01. The van der Waals surface area contributed by atoms with E-state index in [0.29, 0.717) is 18.7 Å². The number of hydrogen-bond donors (Lipinski definition) is 1. The minimum Gasteiger partial charge on any atom is -0.492 e. The standard InChI is InChI=1S/C18H22N2O4/c1-13-8-14(2)10-16(9-13)24-7-5-20(3)17(21)11-19-18(22)15-4-6-23-12-15/h4,6,8-10,12H,5,7,11H2,1-3H3,(H,19,22). The summed E-state index contributed by atoms with van der Waals surface area (Å²) >= 11 is 0. The first-order valence-electron chi connectivity index (χ1n) is 7.71. The molecule has 0 bridgehead atoms. The Balaban J connectivity index is 1.72. The largest absolute Gasteiger partial charge is 0.492 e. The van der Waals surface area contributed by atoms with E-state index in [2.05, 4.69) is 11.4 Å². The zero-order valence-electron chi connectivity index (χ0n) is 14.2. The Morgan fingerprint density at radius 3 is 2.54 bits per heavy atom. The second kappa shape index (κ2) is 8.19. The molecule has 2 rings (SSSR count). The molecule has 0 aliphatic rings. The van der Waals surface area contributed by atoms with Crippen molar-refractivity contribution in [2.45, 2.75) is 13.8 Å². The molecule has 0 fully saturated rings. The number of nitrogens with one attached hydrogen (secondary N) is 1. The SMILES string of the molecule is Cc1cc(C)cc(OCCN(C)C(=O)CNC(=O)c2ccoc2)c1. The van der Waals surface area contributed by atoms with E-state index < -0.39 is 0 Å². The number of benzene rings is 1. The zero-order valence-corrected chi connectivity index (χ0v) is 14.2. The van der Waals surface area contributed by atoms with Gasteiger partial charge < -0.3 is 19.4 Å². The Morgan fingerprint density at radius 2 is 1.92 bits per heavy atom. The van der Waals surface area contributed by atoms with E-state index in [1.165, 1.54) is 17.4 Å². The van der Waals surface area contributed by atoms with E-state index in [-0.39, 0.29) is 18.4 Å². The number of rotatable bonds is 7. The highest BCUT2D eigenvalue weighted by Crippen LogP contribution is 2.15. The maximum atomic E-state index is 12.0. The molecule has 0 radical (unpaired) electrons. The van der Waals surface area contributed by atoms with Crippen molar-refractivity contribution in [3.63, 3.8) is 0 Å². The van der Waals surface area contributed by atoms with Gasteiger partial charge in [0.25, 0.3) is 5.91 Å². The van der Waals surface area contributed by atoms with E-state index >= 15 is 0 Å². The molecule has 1 aromatic carbocycles. The maximum absolute atomic E-state index is 12.0. The van der Waals surface area contributed by atoms with Crippen LogP contribution in [0.15, 0.2) is 41.2 Å². The molecule has 0 atom stereocenters. The average molecular weight is 330 g/mol. The summed E-state index contributed by atoms with van der Waals surface area (Å²) < 4.78 is 10.5. The molecule has 0 aliphatic heterocycles. The summed E-state index contributed by atoms with van der Waals surface area (Å²) in [5, 5.41) is 2.56. The van der Waals surface area contributed by atoms with Crippen LogP contribution >= 0.6 is 0 Å². The van der Waals surface area contributed by atoms with Crippen molar-refractivity contribution in [2.75, 3.05) is 26.7 Å². The summed E-state index contributed by atoms with van der Waals surface area (Å²) in [5.41, 5.74) is 2.66. The molecule has 2 aromatic rings. The second-order valence-electron chi connectivity index (χ2n) is 5.68. The van der Waals surface area contributed by atoms with Gasteiger partial charge in [-0.2, -0.15) is 0 Å². The van der Waals surface area contributed by atoms with Crippen molar-refractivity contribution in [2.24, 2.45) is 0 Å². The smallest absolute Gasteiger partial charge is 0.254 e. The van der Waals surface area contributed by atoms with Crippen LogP contribution in [0.3, 0.4) is 0 Å². The lowest BCUT2D eigenvalue weighted by Gasteiger charge is -2.18. The van der Waals surface area contributed by atoms with Gasteiger partial charge in [-0.1, -0.05) is 6.07 Å². The molecule has 0 spiro atoms. The topological polar surface area (TPSA) is 71.8 Å². The number of amides is 2. The van der Waals surface area contributed by atoms with Crippen LogP contribution in [0.2, 0.25) is 0 Å². The molecular weight excluding hydrogens is 308 g/mol. The third-order valence-electron chi connectivity index (χ3n) is 3.50. The van der Waals surface area contributed by atoms with E-state index in [0.717, 1.165) is 16.9 Å². The van der Waals surface area contributed by atoms with Crippen LogP contribution in [0.4, 0.5) is 0 Å². The highest BCUT2D eigenvalue weighted by atomic mass is 16.5. The van der Waals surface area contributed by atoms with Crippen LogP contribution < -0.4 is 10.1 Å². The van der Waals surface area contributed by atoms with Gasteiger partial charge in [0.05, 0.1) is 24.9 Å². The Hall–Kier alpha value is -2.76. The van der Waals surface area contributed by atoms with Crippen molar-refractivity contribution < 1.29 is 18.7 Å². The summed E-state index contributed by atoms with van der Waals surface area (Å²) in [6.07, 6.45) is 2.74. The monoisotopic (exact) mass is 330 g/mol. The number of likely N-dealkylation sites (N-methyl/N-ethyl adjacent to an activating group) is 1. The van der Waals surface area contributed by atoms with Crippen molar-refractivity contribution in [1.29, 1.82) is 0 Å². The van der Waals surface area contributed by atoms with E-state index in [1.54, 1.807) is 13.1 Å². The molecule has 2 amide bonds. The highest BCUT2D eigenvalue weighted by molar-refractivity contribution is 5.96. The third kappa shape index (κ3) is 5.15. The molecule has 24 heavy (non-hydrogen) atoms. The number of ether oxygens (including phenoxy) is 1. The molecule has 0 saturated carbocycles. The summed E-state index contributed by atoms with van der Waals surface area (Å²) in [5.74, 6) is 0.273. The van der Waals surface area contributed by atoms with E-state index in [4.69, 9.17) is 9.15 Å². The highest BCUT2D eigenvalue weighted by Gasteiger charge is 2.12. The number of hydrogen-bond acceptors (Lipinski definition) is 4. The predicted molar refractivity (Wildman–Crippen MR) is 90.1 cm³/mol. The molecule has 1 heterocycles. The maximum Gasteiger partial charge on any atom is 0.254 e. The fourth-order valence-electron chi connectivity index (χ4n) is 2.23. The van der Waals surface area contributed by atoms with Crippen LogP contribution in [0.5, 0.6) is 5.75 Å².